The lowest BCUT2D eigenvalue weighted by molar-refractivity contribution is -0.141. The molecule has 3 aromatic carbocycles. The van der Waals surface area contributed by atoms with Gasteiger partial charge in [0.25, 0.3) is 5.91 Å². The molecule has 174 valence electrons. The van der Waals surface area contributed by atoms with Crippen molar-refractivity contribution in [2.75, 3.05) is 11.9 Å². The highest BCUT2D eigenvalue weighted by Gasteiger charge is 2.29. The number of carboxylic acids is 1. The zero-order valence-electron chi connectivity index (χ0n) is 18.9. The van der Waals surface area contributed by atoms with E-state index in [1.165, 1.54) is 6.92 Å². The molecular weight excluding hydrogens is 432 g/mol. The van der Waals surface area contributed by atoms with Crippen LogP contribution in [0.3, 0.4) is 0 Å². The summed E-state index contributed by atoms with van der Waals surface area (Å²) in [7, 11) is 0. The molecule has 1 aliphatic rings. The minimum Gasteiger partial charge on any atom is -0.481 e. The van der Waals surface area contributed by atoms with Crippen LogP contribution in [0.5, 0.6) is 0 Å². The van der Waals surface area contributed by atoms with Crippen molar-refractivity contribution in [2.45, 2.75) is 25.8 Å². The Bertz CT molecular complexity index is 1180. The Morgan fingerprint density at radius 1 is 0.882 bits per heavy atom. The van der Waals surface area contributed by atoms with E-state index in [1.54, 1.807) is 31.2 Å². The molecule has 2 amide bonds. The van der Waals surface area contributed by atoms with Crippen molar-refractivity contribution < 1.29 is 24.2 Å². The van der Waals surface area contributed by atoms with Crippen molar-refractivity contribution in [3.63, 3.8) is 0 Å². The minimum absolute atomic E-state index is 0.0283. The standard InChI is InChI=1S/C27H26N2O5/c1-16(26(31)32)17(2)28-25(30)18-11-13-19(14-12-18)29-27(33)34-15-24-22-9-5-3-7-20(22)21-8-4-6-10-23(21)24/h3-14,16-17,24H,15H2,1-2H3,(H,28,30)(H,29,33)(H,31,32). The Morgan fingerprint density at radius 2 is 1.44 bits per heavy atom. The van der Waals surface area contributed by atoms with Crippen LogP contribution < -0.4 is 10.6 Å². The van der Waals surface area contributed by atoms with Gasteiger partial charge in [-0.05, 0) is 60.4 Å². The zero-order valence-corrected chi connectivity index (χ0v) is 18.9. The quantitative estimate of drug-likeness (QED) is 0.468. The third-order valence-electron chi connectivity index (χ3n) is 6.24. The number of carbonyl (C=O) groups is 3. The van der Waals surface area contributed by atoms with Crippen molar-refractivity contribution in [1.29, 1.82) is 0 Å². The first-order valence-corrected chi connectivity index (χ1v) is 11.1. The van der Waals surface area contributed by atoms with Gasteiger partial charge in [0.15, 0.2) is 0 Å². The first-order valence-electron chi connectivity index (χ1n) is 11.1. The molecule has 4 rings (SSSR count). The van der Waals surface area contributed by atoms with E-state index in [9.17, 15) is 14.4 Å². The summed E-state index contributed by atoms with van der Waals surface area (Å²) in [5.41, 5.74) is 5.45. The van der Waals surface area contributed by atoms with Crippen LogP contribution in [-0.2, 0) is 9.53 Å². The van der Waals surface area contributed by atoms with Crippen molar-refractivity contribution in [2.24, 2.45) is 5.92 Å². The monoisotopic (exact) mass is 458 g/mol. The van der Waals surface area contributed by atoms with E-state index in [0.29, 0.717) is 11.3 Å². The van der Waals surface area contributed by atoms with Gasteiger partial charge in [0.05, 0.1) is 5.92 Å². The van der Waals surface area contributed by atoms with Crippen molar-refractivity contribution in [3.8, 4) is 11.1 Å². The van der Waals surface area contributed by atoms with E-state index in [0.717, 1.165) is 22.3 Å². The molecule has 0 heterocycles. The number of benzene rings is 3. The molecule has 0 aliphatic heterocycles. The number of carbonyl (C=O) groups excluding carboxylic acids is 2. The molecule has 7 nitrogen and oxygen atoms in total. The highest BCUT2D eigenvalue weighted by Crippen LogP contribution is 2.44. The molecule has 0 saturated heterocycles. The van der Waals surface area contributed by atoms with Gasteiger partial charge >= 0.3 is 12.1 Å². The molecule has 0 fully saturated rings. The van der Waals surface area contributed by atoms with E-state index in [4.69, 9.17) is 9.84 Å². The Hall–Kier alpha value is -4.13. The lowest BCUT2D eigenvalue weighted by atomic mass is 9.98. The average Bonchev–Trinajstić information content (AvgIpc) is 3.16. The number of rotatable bonds is 7. The summed E-state index contributed by atoms with van der Waals surface area (Å²) in [6.45, 7) is 3.39. The zero-order chi connectivity index (χ0) is 24.2. The van der Waals surface area contributed by atoms with Crippen LogP contribution in [-0.4, -0.2) is 35.7 Å². The van der Waals surface area contributed by atoms with Gasteiger partial charge in [-0.2, -0.15) is 0 Å². The maximum Gasteiger partial charge on any atom is 0.411 e. The van der Waals surface area contributed by atoms with Crippen molar-refractivity contribution in [3.05, 3.63) is 89.5 Å². The Morgan fingerprint density at radius 3 is 2.00 bits per heavy atom. The summed E-state index contributed by atoms with van der Waals surface area (Å²) >= 11 is 0. The molecule has 3 aromatic rings. The number of fused-ring (bicyclic) bond motifs is 3. The lowest BCUT2D eigenvalue weighted by Crippen LogP contribution is -2.40. The maximum atomic E-state index is 12.4. The summed E-state index contributed by atoms with van der Waals surface area (Å²) in [5, 5.41) is 14.4. The molecule has 1 aliphatic carbocycles. The van der Waals surface area contributed by atoms with Gasteiger partial charge < -0.3 is 15.2 Å². The molecule has 2 unspecified atom stereocenters. The number of hydrogen-bond acceptors (Lipinski definition) is 4. The fourth-order valence-electron chi connectivity index (χ4n) is 4.09. The molecule has 0 radical (unpaired) electrons. The number of hydrogen-bond donors (Lipinski definition) is 3. The van der Waals surface area contributed by atoms with Gasteiger partial charge in [0.1, 0.15) is 6.61 Å². The topological polar surface area (TPSA) is 105 Å². The molecule has 2 atom stereocenters. The minimum atomic E-state index is -0.976. The van der Waals surface area contributed by atoms with Crippen molar-refractivity contribution >= 4 is 23.7 Å². The first kappa shape index (κ1) is 23.0. The third-order valence-corrected chi connectivity index (χ3v) is 6.24. The van der Waals surface area contributed by atoms with Crippen LogP contribution in [0.25, 0.3) is 11.1 Å². The number of ether oxygens (including phenoxy) is 1. The number of anilines is 1. The summed E-state index contributed by atoms with van der Waals surface area (Å²) in [6, 6.07) is 22.0. The van der Waals surface area contributed by atoms with Gasteiger partial charge in [-0.15, -0.1) is 0 Å². The molecule has 0 aromatic heterocycles. The fraction of sp³-hybridized carbons (Fsp3) is 0.222. The van der Waals surface area contributed by atoms with Crippen LogP contribution >= 0.6 is 0 Å². The summed E-state index contributed by atoms with van der Waals surface area (Å²) in [4.78, 5) is 35.8. The number of aliphatic carboxylic acids is 1. The predicted molar refractivity (Wildman–Crippen MR) is 129 cm³/mol. The molecule has 0 bridgehead atoms. The van der Waals surface area contributed by atoms with E-state index in [2.05, 4.69) is 34.9 Å². The fourth-order valence-corrected chi connectivity index (χ4v) is 4.09. The highest BCUT2D eigenvalue weighted by atomic mass is 16.5. The maximum absolute atomic E-state index is 12.4. The Labute approximate surface area is 197 Å². The van der Waals surface area contributed by atoms with Crippen LogP contribution in [0.4, 0.5) is 10.5 Å². The smallest absolute Gasteiger partial charge is 0.411 e. The second-order valence-corrected chi connectivity index (χ2v) is 8.42. The van der Waals surface area contributed by atoms with Gasteiger partial charge in [-0.25, -0.2) is 4.79 Å². The van der Waals surface area contributed by atoms with Crippen LogP contribution in [0.2, 0.25) is 0 Å². The Kier molecular flexibility index (Phi) is 6.63. The number of nitrogens with one attached hydrogen (secondary N) is 2. The van der Waals surface area contributed by atoms with Crippen molar-refractivity contribution in [1.82, 2.24) is 5.32 Å². The van der Waals surface area contributed by atoms with E-state index in [1.807, 2.05) is 24.3 Å². The molecule has 7 heteroatoms. The summed E-state index contributed by atoms with van der Waals surface area (Å²) < 4.78 is 5.54. The van der Waals surface area contributed by atoms with Gasteiger partial charge in [0.2, 0.25) is 0 Å². The van der Waals surface area contributed by atoms with Gasteiger partial charge in [-0.3, -0.25) is 14.9 Å². The number of amides is 2. The first-order chi connectivity index (χ1) is 16.3. The van der Waals surface area contributed by atoms with Gasteiger partial charge in [-0.1, -0.05) is 48.5 Å². The molecule has 0 spiro atoms. The molecule has 0 saturated carbocycles. The molecule has 3 N–H and O–H groups in total. The van der Waals surface area contributed by atoms with Crippen LogP contribution in [0.1, 0.15) is 41.3 Å². The largest absolute Gasteiger partial charge is 0.481 e. The van der Waals surface area contributed by atoms with E-state index < -0.39 is 24.0 Å². The second-order valence-electron chi connectivity index (χ2n) is 8.42. The Balaban J connectivity index is 1.34. The van der Waals surface area contributed by atoms with E-state index in [-0.39, 0.29) is 18.4 Å². The third kappa shape index (κ3) is 4.78. The summed E-state index contributed by atoms with van der Waals surface area (Å²) in [6.07, 6.45) is -0.581. The lowest BCUT2D eigenvalue weighted by Gasteiger charge is -2.18. The van der Waals surface area contributed by atoms with E-state index >= 15 is 0 Å². The highest BCUT2D eigenvalue weighted by molar-refractivity contribution is 5.95. The normalized spacial score (nSPS) is 13.8. The van der Waals surface area contributed by atoms with Gasteiger partial charge in [0, 0.05) is 23.2 Å². The predicted octanol–water partition coefficient (Wildman–Crippen LogP) is 4.89. The SMILES string of the molecule is CC(NC(=O)c1ccc(NC(=O)OCC2c3ccccc3-c3ccccc32)cc1)C(C)C(=O)O. The van der Waals surface area contributed by atoms with Crippen LogP contribution in [0, 0.1) is 5.92 Å². The number of carboxylic acid groups (broad SMARTS) is 1. The van der Waals surface area contributed by atoms with Crippen LogP contribution in [0.15, 0.2) is 72.8 Å². The summed E-state index contributed by atoms with van der Waals surface area (Å²) in [5.74, 6) is -2.10. The second kappa shape index (κ2) is 9.79. The molecule has 34 heavy (non-hydrogen) atoms. The average molecular weight is 459 g/mol. The molecular formula is C27H26N2O5.